The van der Waals surface area contributed by atoms with Gasteiger partial charge in [0, 0.05) is 12.6 Å². The number of hydrogen-bond acceptors (Lipinski definition) is 4. The number of carbonyl (C=O) groups is 2. The maximum Gasteiger partial charge on any atom is 0.264 e. The third kappa shape index (κ3) is 6.95. The summed E-state index contributed by atoms with van der Waals surface area (Å²) in [5.41, 5.74) is 0.231. The van der Waals surface area contributed by atoms with Crippen molar-refractivity contribution in [1.82, 2.24) is 10.2 Å². The van der Waals surface area contributed by atoms with Crippen LogP contribution >= 0.6 is 0 Å². The van der Waals surface area contributed by atoms with Crippen LogP contribution in [0.15, 0.2) is 83.8 Å². The minimum Gasteiger partial charge on any atom is -0.352 e. The molecule has 2 atom stereocenters. The third-order valence-corrected chi connectivity index (χ3v) is 7.94. The van der Waals surface area contributed by atoms with E-state index in [1.165, 1.54) is 78.6 Å². The van der Waals surface area contributed by atoms with Gasteiger partial charge in [0.25, 0.3) is 10.0 Å². The van der Waals surface area contributed by atoms with Crippen LogP contribution in [0.4, 0.5) is 14.5 Å². The van der Waals surface area contributed by atoms with E-state index < -0.39 is 46.1 Å². The van der Waals surface area contributed by atoms with E-state index >= 15 is 0 Å². The molecule has 0 aliphatic heterocycles. The van der Waals surface area contributed by atoms with E-state index in [4.69, 9.17) is 0 Å². The standard InChI is InChI=1S/C28H31F2N3O4S/c1-4-20(2)31-28(35)21(3)32(18-22-14-16-23(29)17-15-22)27(34)19-33(26-13-9-8-12-25(26)30)38(36,37)24-10-6-5-7-11-24/h5-17,20-21H,4,18-19H2,1-3H3,(H,31,35)/t20-,21+/m0/s1. The van der Waals surface area contributed by atoms with Crippen molar-refractivity contribution in [2.24, 2.45) is 0 Å². The molecular weight excluding hydrogens is 512 g/mol. The SMILES string of the molecule is CC[C@H](C)NC(=O)[C@@H](C)N(Cc1ccc(F)cc1)C(=O)CN(c1ccccc1F)S(=O)(=O)c1ccccc1. The van der Waals surface area contributed by atoms with Crippen molar-refractivity contribution in [3.8, 4) is 0 Å². The van der Waals surface area contributed by atoms with Crippen molar-refractivity contribution in [1.29, 1.82) is 0 Å². The quantitative estimate of drug-likeness (QED) is 0.386. The highest BCUT2D eigenvalue weighted by Crippen LogP contribution is 2.27. The van der Waals surface area contributed by atoms with Crippen molar-refractivity contribution in [2.75, 3.05) is 10.8 Å². The number of anilines is 1. The van der Waals surface area contributed by atoms with Crippen LogP contribution in [0.5, 0.6) is 0 Å². The molecule has 0 aliphatic rings. The molecule has 0 unspecified atom stereocenters. The second-order valence-corrected chi connectivity index (χ2v) is 10.8. The van der Waals surface area contributed by atoms with Crippen LogP contribution in [0.3, 0.4) is 0 Å². The van der Waals surface area contributed by atoms with Gasteiger partial charge in [-0.25, -0.2) is 17.2 Å². The van der Waals surface area contributed by atoms with Gasteiger partial charge in [-0.3, -0.25) is 13.9 Å². The Morgan fingerprint density at radius 3 is 2.11 bits per heavy atom. The summed E-state index contributed by atoms with van der Waals surface area (Å²) in [6.07, 6.45) is 0.667. The summed E-state index contributed by atoms with van der Waals surface area (Å²) in [7, 11) is -4.36. The van der Waals surface area contributed by atoms with Gasteiger partial charge in [0.05, 0.1) is 10.6 Å². The van der Waals surface area contributed by atoms with Crippen molar-refractivity contribution in [3.05, 3.63) is 96.1 Å². The molecule has 3 aromatic carbocycles. The lowest BCUT2D eigenvalue weighted by Crippen LogP contribution is -2.52. The molecule has 202 valence electrons. The first kappa shape index (κ1) is 28.8. The highest BCUT2D eigenvalue weighted by atomic mass is 32.2. The van der Waals surface area contributed by atoms with Crippen LogP contribution in [0, 0.1) is 11.6 Å². The first-order chi connectivity index (χ1) is 18.0. The summed E-state index contributed by atoms with van der Waals surface area (Å²) in [5, 5.41) is 2.83. The zero-order valence-corrected chi connectivity index (χ0v) is 22.3. The summed E-state index contributed by atoms with van der Waals surface area (Å²) >= 11 is 0. The van der Waals surface area contributed by atoms with E-state index in [9.17, 15) is 26.8 Å². The van der Waals surface area contributed by atoms with Gasteiger partial charge in [0.15, 0.2) is 0 Å². The maximum absolute atomic E-state index is 14.9. The molecule has 0 aromatic heterocycles. The number of benzene rings is 3. The fraction of sp³-hybridized carbons (Fsp3) is 0.286. The molecule has 7 nitrogen and oxygen atoms in total. The van der Waals surface area contributed by atoms with Crippen LogP contribution < -0.4 is 9.62 Å². The number of hydrogen-bond donors (Lipinski definition) is 1. The molecular formula is C28H31F2N3O4S. The maximum atomic E-state index is 14.9. The Hall–Kier alpha value is -3.79. The zero-order valence-electron chi connectivity index (χ0n) is 21.5. The molecule has 3 rings (SSSR count). The molecule has 0 aliphatic carbocycles. The van der Waals surface area contributed by atoms with Crippen molar-refractivity contribution in [2.45, 2.75) is 50.7 Å². The van der Waals surface area contributed by atoms with Gasteiger partial charge in [-0.2, -0.15) is 0 Å². The summed E-state index contributed by atoms with van der Waals surface area (Å²) in [5.74, 6) is -2.46. The van der Waals surface area contributed by atoms with E-state index in [0.717, 1.165) is 6.07 Å². The summed E-state index contributed by atoms with van der Waals surface area (Å²) in [4.78, 5) is 27.8. The minimum absolute atomic E-state index is 0.0926. The Bertz CT molecular complexity index is 1350. The fourth-order valence-electron chi connectivity index (χ4n) is 3.72. The van der Waals surface area contributed by atoms with Crippen LogP contribution in [-0.4, -0.2) is 43.8 Å². The fourth-order valence-corrected chi connectivity index (χ4v) is 5.16. The van der Waals surface area contributed by atoms with Crippen LogP contribution in [0.1, 0.15) is 32.8 Å². The number of halogens is 2. The number of nitrogens with zero attached hydrogens (tertiary/aromatic N) is 2. The van der Waals surface area contributed by atoms with Crippen LogP contribution in [0.2, 0.25) is 0 Å². The zero-order chi connectivity index (χ0) is 27.9. The van der Waals surface area contributed by atoms with Gasteiger partial charge < -0.3 is 10.2 Å². The van der Waals surface area contributed by atoms with Gasteiger partial charge in [-0.05, 0) is 62.2 Å². The molecule has 2 amide bonds. The van der Waals surface area contributed by atoms with E-state index in [1.54, 1.807) is 6.07 Å². The highest BCUT2D eigenvalue weighted by Gasteiger charge is 2.33. The number of sulfonamides is 1. The smallest absolute Gasteiger partial charge is 0.264 e. The molecule has 0 saturated heterocycles. The highest BCUT2D eigenvalue weighted by molar-refractivity contribution is 7.92. The number of carbonyl (C=O) groups excluding carboxylic acids is 2. The summed E-state index contributed by atoms with van der Waals surface area (Å²) in [6, 6.07) is 16.9. The van der Waals surface area contributed by atoms with Crippen molar-refractivity contribution >= 4 is 27.5 Å². The Balaban J connectivity index is 2.02. The molecule has 0 fully saturated rings. The summed E-state index contributed by atoms with van der Waals surface area (Å²) < 4.78 is 56.2. The van der Waals surface area contributed by atoms with E-state index in [1.807, 2.05) is 13.8 Å². The average Bonchev–Trinajstić information content (AvgIpc) is 2.91. The molecule has 3 aromatic rings. The normalized spacial score (nSPS) is 12.9. The van der Waals surface area contributed by atoms with E-state index in [-0.39, 0.29) is 23.2 Å². The lowest BCUT2D eigenvalue weighted by atomic mass is 10.1. The Morgan fingerprint density at radius 1 is 0.895 bits per heavy atom. The second-order valence-electron chi connectivity index (χ2n) is 8.92. The van der Waals surface area contributed by atoms with E-state index in [2.05, 4.69) is 5.32 Å². The topological polar surface area (TPSA) is 86.8 Å². The average molecular weight is 544 g/mol. The first-order valence-electron chi connectivity index (χ1n) is 12.2. The molecule has 0 bridgehead atoms. The van der Waals surface area contributed by atoms with Gasteiger partial charge in [-0.15, -0.1) is 0 Å². The van der Waals surface area contributed by atoms with Gasteiger partial charge in [-0.1, -0.05) is 49.4 Å². The van der Waals surface area contributed by atoms with Crippen molar-refractivity contribution in [3.63, 3.8) is 0 Å². The van der Waals surface area contributed by atoms with Crippen LogP contribution in [0.25, 0.3) is 0 Å². The number of amides is 2. The second kappa shape index (κ2) is 12.6. The predicted octanol–water partition coefficient (Wildman–Crippen LogP) is 4.49. The number of nitrogens with one attached hydrogen (secondary N) is 1. The Morgan fingerprint density at radius 2 is 1.50 bits per heavy atom. The summed E-state index contributed by atoms with van der Waals surface area (Å²) in [6.45, 7) is 4.39. The van der Waals surface area contributed by atoms with Gasteiger partial charge >= 0.3 is 0 Å². The minimum atomic E-state index is -4.36. The molecule has 0 heterocycles. The van der Waals surface area contributed by atoms with Crippen LogP contribution in [-0.2, 0) is 26.2 Å². The monoisotopic (exact) mass is 543 g/mol. The predicted molar refractivity (Wildman–Crippen MR) is 142 cm³/mol. The third-order valence-electron chi connectivity index (χ3n) is 6.17. The number of rotatable bonds is 11. The molecule has 1 N–H and O–H groups in total. The molecule has 0 saturated carbocycles. The van der Waals surface area contributed by atoms with Gasteiger partial charge in [0.1, 0.15) is 24.2 Å². The molecule has 10 heteroatoms. The number of para-hydroxylation sites is 1. The first-order valence-corrected chi connectivity index (χ1v) is 13.6. The molecule has 0 spiro atoms. The molecule has 0 radical (unpaired) electrons. The lowest BCUT2D eigenvalue weighted by Gasteiger charge is -2.32. The largest absolute Gasteiger partial charge is 0.352 e. The lowest BCUT2D eigenvalue weighted by molar-refractivity contribution is -0.139. The Labute approximate surface area is 222 Å². The van der Waals surface area contributed by atoms with Crippen molar-refractivity contribution < 1.29 is 26.8 Å². The van der Waals surface area contributed by atoms with Gasteiger partial charge in [0.2, 0.25) is 11.8 Å². The van der Waals surface area contributed by atoms with E-state index in [0.29, 0.717) is 16.3 Å². The Kier molecular flexibility index (Phi) is 9.57. The molecule has 38 heavy (non-hydrogen) atoms.